The number of nitro benzene ring substituents is 1. The second-order valence-electron chi connectivity index (χ2n) is 6.12. The number of phenols is 1. The molecular weight excluding hydrogens is 396 g/mol. The van der Waals surface area contributed by atoms with Crippen molar-refractivity contribution < 1.29 is 29.6 Å². The molecule has 2 aromatic carbocycles. The van der Waals surface area contributed by atoms with E-state index >= 15 is 0 Å². The van der Waals surface area contributed by atoms with Gasteiger partial charge in [-0.05, 0) is 35.9 Å². The van der Waals surface area contributed by atoms with Crippen LogP contribution in [-0.4, -0.2) is 31.8 Å². The molecule has 0 bridgehead atoms. The van der Waals surface area contributed by atoms with Crippen molar-refractivity contribution in [2.75, 3.05) is 0 Å². The molecule has 0 aliphatic heterocycles. The Bertz CT molecular complexity index is 1210. The monoisotopic (exact) mass is 408 g/mol. The first-order valence-corrected chi connectivity index (χ1v) is 8.34. The molecule has 0 unspecified atom stereocenters. The number of hydrogen-bond acceptors (Lipinski definition) is 7. The summed E-state index contributed by atoms with van der Waals surface area (Å²) in [6.45, 7) is 0. The molecule has 0 aromatic heterocycles. The quantitative estimate of drug-likeness (QED) is 0.563. The Balaban J connectivity index is 2.51. The van der Waals surface area contributed by atoms with Gasteiger partial charge < -0.3 is 10.2 Å². The summed E-state index contributed by atoms with van der Waals surface area (Å²) in [5, 5.41) is 42.5. The van der Waals surface area contributed by atoms with E-state index in [1.54, 1.807) is 0 Å². The van der Waals surface area contributed by atoms with Gasteiger partial charge in [-0.2, -0.15) is 0 Å². The normalized spacial score (nSPS) is 14.8. The highest BCUT2D eigenvalue weighted by molar-refractivity contribution is 6.05. The predicted molar refractivity (Wildman–Crippen MR) is 103 cm³/mol. The lowest BCUT2D eigenvalue weighted by Crippen LogP contribution is -2.12. The van der Waals surface area contributed by atoms with Gasteiger partial charge >= 0.3 is 5.97 Å². The third-order valence-corrected chi connectivity index (χ3v) is 4.31. The summed E-state index contributed by atoms with van der Waals surface area (Å²) in [5.74, 6) is -2.43. The van der Waals surface area contributed by atoms with Gasteiger partial charge in [0.05, 0.1) is 38.7 Å². The molecular formula is C20H12N2O8. The van der Waals surface area contributed by atoms with Crippen molar-refractivity contribution >= 4 is 23.0 Å². The lowest BCUT2D eigenvalue weighted by Gasteiger charge is -2.16. The van der Waals surface area contributed by atoms with Crippen LogP contribution >= 0.6 is 0 Å². The Kier molecular flexibility index (Phi) is 5.23. The topological polar surface area (TPSA) is 161 Å². The van der Waals surface area contributed by atoms with Gasteiger partial charge in [-0.3, -0.25) is 25.0 Å². The SMILES string of the molecule is O=C1C=C/C(=C(\c2ccccc2C(=O)O)c2ccc(O)cc2[N+](=O)[O-])C([N+](=O)[O-])=C1. The number of ketones is 1. The van der Waals surface area contributed by atoms with E-state index in [2.05, 4.69) is 0 Å². The molecule has 1 aliphatic carbocycles. The van der Waals surface area contributed by atoms with Gasteiger partial charge in [0.2, 0.25) is 0 Å². The molecule has 30 heavy (non-hydrogen) atoms. The van der Waals surface area contributed by atoms with Gasteiger partial charge in [0.25, 0.3) is 11.4 Å². The number of allylic oxidation sites excluding steroid dienone is 3. The fraction of sp³-hybridized carbons (Fsp3) is 0. The third kappa shape index (κ3) is 3.69. The lowest BCUT2D eigenvalue weighted by molar-refractivity contribution is -0.420. The zero-order valence-corrected chi connectivity index (χ0v) is 15.0. The second-order valence-corrected chi connectivity index (χ2v) is 6.12. The van der Waals surface area contributed by atoms with Crippen LogP contribution in [0.15, 0.2) is 72.0 Å². The summed E-state index contributed by atoms with van der Waals surface area (Å²) < 4.78 is 0. The highest BCUT2D eigenvalue weighted by Gasteiger charge is 2.31. The predicted octanol–water partition coefficient (Wildman–Crippen LogP) is 3.10. The van der Waals surface area contributed by atoms with Crippen LogP contribution in [0.3, 0.4) is 0 Å². The molecule has 1 aliphatic rings. The van der Waals surface area contributed by atoms with E-state index in [1.807, 2.05) is 0 Å². The summed E-state index contributed by atoms with van der Waals surface area (Å²) in [6, 6.07) is 8.66. The van der Waals surface area contributed by atoms with Crippen LogP contribution in [0.4, 0.5) is 5.69 Å². The lowest BCUT2D eigenvalue weighted by atomic mass is 9.86. The fourth-order valence-corrected chi connectivity index (χ4v) is 3.08. The number of phenolic OH excluding ortho intramolecular Hbond substituents is 1. The van der Waals surface area contributed by atoms with Crippen molar-refractivity contribution in [1.29, 1.82) is 0 Å². The maximum absolute atomic E-state index is 11.8. The van der Waals surface area contributed by atoms with Gasteiger partial charge in [-0.25, -0.2) is 4.79 Å². The first-order chi connectivity index (χ1) is 14.2. The summed E-state index contributed by atoms with van der Waals surface area (Å²) in [7, 11) is 0. The van der Waals surface area contributed by atoms with Crippen LogP contribution in [0, 0.1) is 20.2 Å². The molecule has 0 atom stereocenters. The molecule has 0 radical (unpaired) electrons. The molecule has 10 heteroatoms. The smallest absolute Gasteiger partial charge is 0.336 e. The van der Waals surface area contributed by atoms with Crippen molar-refractivity contribution in [3.63, 3.8) is 0 Å². The van der Waals surface area contributed by atoms with E-state index in [4.69, 9.17) is 0 Å². The summed E-state index contributed by atoms with van der Waals surface area (Å²) in [5.41, 5.74) is -1.98. The number of rotatable bonds is 5. The van der Waals surface area contributed by atoms with Crippen LogP contribution in [0.25, 0.3) is 5.57 Å². The van der Waals surface area contributed by atoms with Crippen LogP contribution in [-0.2, 0) is 4.79 Å². The largest absolute Gasteiger partial charge is 0.508 e. The Morgan fingerprint density at radius 1 is 0.900 bits per heavy atom. The Morgan fingerprint density at radius 2 is 1.57 bits per heavy atom. The third-order valence-electron chi connectivity index (χ3n) is 4.31. The average molecular weight is 408 g/mol. The molecule has 0 spiro atoms. The molecule has 0 heterocycles. The minimum atomic E-state index is -1.35. The van der Waals surface area contributed by atoms with E-state index in [9.17, 15) is 40.0 Å². The van der Waals surface area contributed by atoms with Crippen molar-refractivity contribution in [2.45, 2.75) is 0 Å². The molecule has 0 saturated carbocycles. The molecule has 10 nitrogen and oxygen atoms in total. The molecule has 2 N–H and O–H groups in total. The molecule has 2 aromatic rings. The number of nitro groups is 2. The highest BCUT2D eigenvalue weighted by atomic mass is 16.6. The summed E-state index contributed by atoms with van der Waals surface area (Å²) >= 11 is 0. The van der Waals surface area contributed by atoms with Crippen molar-refractivity contribution in [3.8, 4) is 5.75 Å². The van der Waals surface area contributed by atoms with Gasteiger partial charge in [0, 0.05) is 5.57 Å². The van der Waals surface area contributed by atoms with E-state index < -0.39 is 38.7 Å². The van der Waals surface area contributed by atoms with Gasteiger partial charge in [0.15, 0.2) is 5.78 Å². The molecule has 0 saturated heterocycles. The number of carboxylic acid groups (broad SMARTS) is 1. The van der Waals surface area contributed by atoms with Crippen LogP contribution < -0.4 is 0 Å². The number of aromatic hydroxyl groups is 1. The molecule has 3 rings (SSSR count). The second kappa shape index (κ2) is 7.80. The van der Waals surface area contributed by atoms with E-state index in [-0.39, 0.29) is 27.8 Å². The van der Waals surface area contributed by atoms with E-state index in [1.165, 1.54) is 24.3 Å². The fourth-order valence-electron chi connectivity index (χ4n) is 3.08. The van der Waals surface area contributed by atoms with Crippen molar-refractivity contribution in [3.05, 3.63) is 109 Å². The highest BCUT2D eigenvalue weighted by Crippen LogP contribution is 2.39. The number of carbonyl (C=O) groups excluding carboxylic acids is 1. The summed E-state index contributed by atoms with van der Waals surface area (Å²) in [4.78, 5) is 45.0. The first-order valence-electron chi connectivity index (χ1n) is 8.34. The zero-order chi connectivity index (χ0) is 22.0. The standard InChI is InChI=1S/C20H12N2O8/c23-11-5-7-15(17(9-11)21(27)28)19(13-3-1-2-4-14(13)20(25)26)16-8-6-12(24)10-18(16)22(29)30/h1-10,23H,(H,25,26)/b19-16-. The number of aromatic carboxylic acids is 1. The maximum atomic E-state index is 11.8. The molecule has 150 valence electrons. The molecule has 0 fully saturated rings. The Hall–Kier alpha value is -4.60. The van der Waals surface area contributed by atoms with Crippen molar-refractivity contribution in [1.82, 2.24) is 0 Å². The first kappa shape index (κ1) is 20.1. The summed E-state index contributed by atoms with van der Waals surface area (Å²) in [6.07, 6.45) is 2.91. The van der Waals surface area contributed by atoms with Crippen molar-refractivity contribution in [2.24, 2.45) is 0 Å². The average Bonchev–Trinajstić information content (AvgIpc) is 2.70. The number of hydrogen-bond donors (Lipinski definition) is 2. The van der Waals surface area contributed by atoms with Gasteiger partial charge in [-0.1, -0.05) is 18.2 Å². The van der Waals surface area contributed by atoms with Crippen LogP contribution in [0.2, 0.25) is 0 Å². The van der Waals surface area contributed by atoms with E-state index in [0.29, 0.717) is 0 Å². The van der Waals surface area contributed by atoms with E-state index in [0.717, 1.165) is 36.4 Å². The zero-order valence-electron chi connectivity index (χ0n) is 15.0. The Labute approximate surface area is 168 Å². The van der Waals surface area contributed by atoms with Crippen LogP contribution in [0.5, 0.6) is 5.75 Å². The van der Waals surface area contributed by atoms with Crippen LogP contribution in [0.1, 0.15) is 21.5 Å². The molecule has 0 amide bonds. The minimum Gasteiger partial charge on any atom is -0.508 e. The number of carboxylic acids is 1. The minimum absolute atomic E-state index is 0.0273. The Morgan fingerprint density at radius 3 is 2.17 bits per heavy atom. The maximum Gasteiger partial charge on any atom is 0.336 e. The number of carbonyl (C=O) groups is 2. The van der Waals surface area contributed by atoms with Gasteiger partial charge in [0.1, 0.15) is 5.75 Å². The number of nitrogens with zero attached hydrogens (tertiary/aromatic N) is 2. The number of benzene rings is 2. The van der Waals surface area contributed by atoms with Gasteiger partial charge in [-0.15, -0.1) is 0 Å².